The number of Topliss-reactive ketones (excluding diaryl/α,β-unsaturated/α-hetero) is 4. The van der Waals surface area contributed by atoms with Gasteiger partial charge in [0.05, 0.1) is 17.5 Å². The number of likely N-dealkylation sites (N-methyl/N-ethyl adjacent to an activating group) is 1. The highest BCUT2D eigenvalue weighted by molar-refractivity contribution is 6.32. The zero-order chi connectivity index (χ0) is 26.7. The first kappa shape index (κ1) is 26.1. The normalized spacial score (nSPS) is 31.8. The first-order valence-electron chi connectivity index (χ1n) is 12.3. The van der Waals surface area contributed by atoms with Crippen molar-refractivity contribution in [3.63, 3.8) is 0 Å². The van der Waals surface area contributed by atoms with Gasteiger partial charge >= 0.3 is 0 Å². The Morgan fingerprint density at radius 1 is 1.17 bits per heavy atom. The van der Waals surface area contributed by atoms with Crippen LogP contribution in [0.15, 0.2) is 6.07 Å². The fourth-order valence-corrected chi connectivity index (χ4v) is 6.56. The number of primary amides is 1. The average Bonchev–Trinajstić information content (AvgIpc) is 2.80. The fourth-order valence-electron chi connectivity index (χ4n) is 6.56. The van der Waals surface area contributed by atoms with E-state index in [1.54, 1.807) is 20.2 Å². The number of amides is 1. The molecule has 0 saturated heterocycles. The van der Waals surface area contributed by atoms with E-state index >= 15 is 0 Å². The van der Waals surface area contributed by atoms with Crippen LogP contribution < -0.4 is 11.5 Å². The van der Waals surface area contributed by atoms with E-state index in [2.05, 4.69) is 0 Å². The van der Waals surface area contributed by atoms with Crippen LogP contribution in [0.5, 0.6) is 5.75 Å². The van der Waals surface area contributed by atoms with Crippen molar-refractivity contribution < 1.29 is 34.2 Å². The molecule has 1 aromatic carbocycles. The Morgan fingerprint density at radius 2 is 1.83 bits per heavy atom. The van der Waals surface area contributed by atoms with Crippen LogP contribution in [0.4, 0.5) is 0 Å². The molecule has 0 heterocycles. The monoisotopic (exact) mass is 499 g/mol. The van der Waals surface area contributed by atoms with Crippen molar-refractivity contribution in [1.82, 2.24) is 4.90 Å². The number of fused-ring (bicyclic) bond motifs is 3. The minimum atomic E-state index is -2.72. The summed E-state index contributed by atoms with van der Waals surface area (Å²) >= 11 is 0. The Bertz CT molecular complexity index is 1180. The lowest BCUT2D eigenvalue weighted by molar-refractivity contribution is -0.181. The summed E-state index contributed by atoms with van der Waals surface area (Å²) in [6.45, 7) is 2.03. The number of aryl methyl sites for hydroxylation is 1. The van der Waals surface area contributed by atoms with E-state index < -0.39 is 64.4 Å². The highest BCUT2D eigenvalue weighted by Gasteiger charge is 2.69. The molecule has 194 valence electrons. The van der Waals surface area contributed by atoms with Gasteiger partial charge in [0.1, 0.15) is 5.75 Å². The van der Waals surface area contributed by atoms with Gasteiger partial charge in [0, 0.05) is 18.0 Å². The highest BCUT2D eigenvalue weighted by Crippen LogP contribution is 2.51. The quantitative estimate of drug-likeness (QED) is 0.381. The maximum absolute atomic E-state index is 13.8. The second-order valence-electron chi connectivity index (χ2n) is 10.5. The van der Waals surface area contributed by atoms with E-state index in [0.29, 0.717) is 17.5 Å². The molecule has 0 radical (unpaired) electrons. The third-order valence-corrected chi connectivity index (χ3v) is 8.25. The van der Waals surface area contributed by atoms with Crippen molar-refractivity contribution in [2.75, 3.05) is 14.1 Å². The molecule has 6 atom stereocenters. The summed E-state index contributed by atoms with van der Waals surface area (Å²) in [5.74, 6) is -10.4. The number of aliphatic hydroxyl groups is 1. The first-order chi connectivity index (χ1) is 16.9. The largest absolute Gasteiger partial charge is 0.507 e. The second kappa shape index (κ2) is 9.17. The van der Waals surface area contributed by atoms with Crippen molar-refractivity contribution in [2.45, 2.75) is 57.2 Å². The fraction of sp³-hybridized carbons (Fsp3) is 0.577. The summed E-state index contributed by atoms with van der Waals surface area (Å²) in [6, 6.07) is 0.686. The van der Waals surface area contributed by atoms with E-state index in [1.165, 1.54) is 4.90 Å². The van der Waals surface area contributed by atoms with Crippen molar-refractivity contribution in [3.05, 3.63) is 28.3 Å². The number of unbranched alkanes of at least 4 members (excludes halogenated alkanes) is 1. The maximum Gasteiger partial charge on any atom is 0.235 e. The van der Waals surface area contributed by atoms with Crippen molar-refractivity contribution in [2.24, 2.45) is 35.1 Å². The van der Waals surface area contributed by atoms with Gasteiger partial charge < -0.3 is 21.7 Å². The van der Waals surface area contributed by atoms with Gasteiger partial charge in [0.2, 0.25) is 5.91 Å². The molecule has 3 aliphatic rings. The van der Waals surface area contributed by atoms with E-state index in [9.17, 15) is 34.2 Å². The second-order valence-corrected chi connectivity index (χ2v) is 10.5. The number of hydrogen-bond acceptors (Lipinski definition) is 9. The summed E-state index contributed by atoms with van der Waals surface area (Å²) in [6.07, 6.45) is 2.73. The molecule has 36 heavy (non-hydrogen) atoms. The van der Waals surface area contributed by atoms with Gasteiger partial charge in [-0.15, -0.1) is 0 Å². The number of rotatable bonds is 6. The zero-order valence-electron chi connectivity index (χ0n) is 20.7. The number of nitrogens with zero attached hydrogens (tertiary/aromatic N) is 1. The summed E-state index contributed by atoms with van der Waals surface area (Å²) < 4.78 is 0. The lowest BCUT2D eigenvalue weighted by Crippen LogP contribution is -2.74. The topological polar surface area (TPSA) is 181 Å². The standard InChI is InChI=1S/C26H33N3O7/c1-4-5-6-11-7-13(10-27)20(30)17-14(11)8-12-9-15-19(29(2)3)22(32)18(25(28)35)24(34)26(15,36)23(33)16(12)21(17)31/h7,12,15-16,18-19,30,36H,4-6,8-10,27H2,1-3H3,(H2,28,35). The summed E-state index contributed by atoms with van der Waals surface area (Å²) in [5, 5.41) is 22.5. The Labute approximate surface area is 209 Å². The molecule has 6 N–H and O–H groups in total. The molecular formula is C26H33N3O7. The number of hydrogen-bond donors (Lipinski definition) is 4. The highest BCUT2D eigenvalue weighted by atomic mass is 16.3. The SMILES string of the molecule is CCCCc1cc(CN)c(O)c2c1CC1CC3C(N(C)C)C(=O)C(C(N)=O)C(=O)C3(O)C(=O)C1C2=O. The maximum atomic E-state index is 13.8. The number of aromatic hydroxyl groups is 1. The smallest absolute Gasteiger partial charge is 0.235 e. The van der Waals surface area contributed by atoms with Gasteiger partial charge in [-0.2, -0.15) is 0 Å². The van der Waals surface area contributed by atoms with Crippen molar-refractivity contribution >= 4 is 29.0 Å². The molecule has 1 aromatic rings. The van der Waals surface area contributed by atoms with E-state index in [0.717, 1.165) is 18.4 Å². The predicted octanol–water partition coefficient (Wildman–Crippen LogP) is -0.332. The molecule has 10 nitrogen and oxygen atoms in total. The summed E-state index contributed by atoms with van der Waals surface area (Å²) in [5.41, 5.74) is 10.3. The molecule has 2 saturated carbocycles. The van der Waals surface area contributed by atoms with Crippen LogP contribution in [0, 0.1) is 23.7 Å². The molecule has 0 bridgehead atoms. The molecule has 1 amide bonds. The number of ketones is 4. The molecule has 0 aliphatic heterocycles. The number of nitrogens with two attached hydrogens (primary N) is 2. The summed E-state index contributed by atoms with van der Waals surface area (Å²) in [4.78, 5) is 67.6. The van der Waals surface area contributed by atoms with Crippen LogP contribution in [0.25, 0.3) is 0 Å². The third kappa shape index (κ3) is 3.54. The van der Waals surface area contributed by atoms with Gasteiger partial charge in [0.15, 0.2) is 34.7 Å². The number of phenolic OH excluding ortho intramolecular Hbond substituents is 1. The summed E-state index contributed by atoms with van der Waals surface area (Å²) in [7, 11) is 3.12. The van der Waals surface area contributed by atoms with Crippen LogP contribution >= 0.6 is 0 Å². The van der Waals surface area contributed by atoms with E-state index in [-0.39, 0.29) is 30.7 Å². The molecule has 0 aromatic heterocycles. The van der Waals surface area contributed by atoms with Gasteiger partial charge in [0.25, 0.3) is 0 Å². The third-order valence-electron chi connectivity index (χ3n) is 8.25. The van der Waals surface area contributed by atoms with Crippen LogP contribution in [-0.2, 0) is 38.6 Å². The van der Waals surface area contributed by atoms with E-state index in [4.69, 9.17) is 11.5 Å². The molecule has 10 heteroatoms. The molecular weight excluding hydrogens is 466 g/mol. The Balaban J connectivity index is 1.88. The van der Waals surface area contributed by atoms with Crippen LogP contribution in [0.3, 0.4) is 0 Å². The lowest BCUT2D eigenvalue weighted by atomic mass is 9.52. The minimum Gasteiger partial charge on any atom is -0.507 e. The average molecular weight is 500 g/mol. The Hall–Kier alpha value is -2.95. The van der Waals surface area contributed by atoms with Gasteiger partial charge in [-0.25, -0.2) is 0 Å². The molecule has 6 unspecified atom stereocenters. The number of carbonyl (C=O) groups is 5. The molecule has 3 aliphatic carbocycles. The van der Waals surface area contributed by atoms with Gasteiger partial charge in [-0.3, -0.25) is 28.9 Å². The van der Waals surface area contributed by atoms with Crippen molar-refractivity contribution in [3.8, 4) is 5.75 Å². The molecule has 4 rings (SSSR count). The Kier molecular flexibility index (Phi) is 6.65. The number of carbonyl (C=O) groups excluding carboxylic acids is 5. The minimum absolute atomic E-state index is 0.00895. The lowest BCUT2D eigenvalue weighted by Gasteiger charge is -2.52. The molecule has 0 spiro atoms. The van der Waals surface area contributed by atoms with Gasteiger partial charge in [-0.05, 0) is 56.8 Å². The van der Waals surface area contributed by atoms with Crippen molar-refractivity contribution in [1.29, 1.82) is 0 Å². The predicted molar refractivity (Wildman–Crippen MR) is 128 cm³/mol. The Morgan fingerprint density at radius 3 is 2.39 bits per heavy atom. The van der Waals surface area contributed by atoms with Crippen LogP contribution in [-0.4, -0.2) is 69.9 Å². The zero-order valence-corrected chi connectivity index (χ0v) is 20.7. The van der Waals surface area contributed by atoms with E-state index in [1.807, 2.05) is 6.92 Å². The number of phenols is 1. The van der Waals surface area contributed by atoms with Gasteiger partial charge in [-0.1, -0.05) is 19.4 Å². The van der Waals surface area contributed by atoms with Crippen LogP contribution in [0.1, 0.15) is 53.2 Å². The number of benzene rings is 1. The van der Waals surface area contributed by atoms with Crippen LogP contribution in [0.2, 0.25) is 0 Å². The first-order valence-corrected chi connectivity index (χ1v) is 12.3. The molecule has 2 fully saturated rings.